The topological polar surface area (TPSA) is 27.7 Å². The number of unbranched alkanes of at least 4 members (excludes halogenated alkanes) is 9. The third-order valence-corrected chi connectivity index (χ3v) is 7.97. The summed E-state index contributed by atoms with van der Waals surface area (Å²) in [6.45, 7) is 8.90. The van der Waals surface area contributed by atoms with Gasteiger partial charge in [0, 0.05) is 37.1 Å². The monoisotopic (exact) mass is 494 g/mol. The van der Waals surface area contributed by atoms with Crippen molar-refractivity contribution in [1.29, 1.82) is 0 Å². The van der Waals surface area contributed by atoms with Gasteiger partial charge < -0.3 is 14.0 Å². The van der Waals surface area contributed by atoms with Gasteiger partial charge in [-0.1, -0.05) is 78.6 Å². The van der Waals surface area contributed by atoms with Crippen molar-refractivity contribution in [3.8, 4) is 0 Å². The summed E-state index contributed by atoms with van der Waals surface area (Å²) in [4.78, 5) is 0. The molecule has 0 aromatic carbocycles. The van der Waals surface area contributed by atoms with Crippen molar-refractivity contribution in [2.75, 3.05) is 54.3 Å². The van der Waals surface area contributed by atoms with Gasteiger partial charge in [0.1, 0.15) is 0 Å². The highest BCUT2D eigenvalue weighted by Gasteiger charge is 2.20. The minimum atomic E-state index is -0.498. The van der Waals surface area contributed by atoms with Crippen molar-refractivity contribution >= 4 is 42.6 Å². The van der Waals surface area contributed by atoms with Crippen LogP contribution in [-0.2, 0) is 14.0 Å². The maximum atomic E-state index is 5.91. The molecule has 0 atom stereocenters. The van der Waals surface area contributed by atoms with Crippen molar-refractivity contribution in [1.82, 2.24) is 0 Å². The van der Waals surface area contributed by atoms with Crippen LogP contribution in [0.2, 0.25) is 0 Å². The molecule has 0 saturated heterocycles. The van der Waals surface area contributed by atoms with Gasteiger partial charge in [0.25, 0.3) is 0 Å². The van der Waals surface area contributed by atoms with E-state index in [0.29, 0.717) is 19.8 Å². The maximum absolute atomic E-state index is 5.91. The van der Waals surface area contributed by atoms with Crippen LogP contribution in [0.15, 0.2) is 0 Å². The lowest BCUT2D eigenvalue weighted by molar-refractivity contribution is 0.109. The molecule has 0 radical (unpaired) electrons. The second-order valence-corrected chi connectivity index (χ2v) is 11.6. The summed E-state index contributed by atoms with van der Waals surface area (Å²) >= 11 is 5.95. The number of thioether (sulfide) groups is 3. The van der Waals surface area contributed by atoms with Crippen molar-refractivity contribution in [2.45, 2.75) is 97.8 Å². The molecule has 0 aromatic heterocycles. The Morgan fingerprint density at radius 3 is 1.03 bits per heavy atom. The van der Waals surface area contributed by atoms with E-state index in [0.717, 1.165) is 17.3 Å². The Hall–Kier alpha value is 0.995. The third-order valence-electron chi connectivity index (χ3n) is 4.87. The van der Waals surface area contributed by atoms with Crippen LogP contribution in [0.1, 0.15) is 97.8 Å². The molecule has 0 heterocycles. The number of hydrogen-bond donors (Lipinski definition) is 0. The van der Waals surface area contributed by atoms with E-state index in [-0.39, 0.29) is 0 Å². The van der Waals surface area contributed by atoms with Crippen molar-refractivity contribution in [3.63, 3.8) is 0 Å². The molecule has 0 aliphatic carbocycles. The smallest absolute Gasteiger partial charge is 0.385 e. The zero-order chi connectivity index (χ0) is 22.7. The molecule has 0 bridgehead atoms. The summed E-state index contributed by atoms with van der Waals surface area (Å²) in [6.07, 6.45) is 16.0. The first-order valence-electron chi connectivity index (χ1n) is 12.9. The van der Waals surface area contributed by atoms with Crippen LogP contribution in [0.3, 0.4) is 0 Å². The maximum Gasteiger partial charge on any atom is 0.639 e. The van der Waals surface area contributed by atoms with Crippen molar-refractivity contribution in [3.05, 3.63) is 0 Å². The summed E-state index contributed by atoms with van der Waals surface area (Å²) in [7, 11) is -0.498. The summed E-state index contributed by atoms with van der Waals surface area (Å²) in [5, 5.41) is 0. The van der Waals surface area contributed by atoms with Crippen LogP contribution < -0.4 is 0 Å². The Labute approximate surface area is 208 Å². The molecular weight excluding hydrogens is 443 g/mol. The van der Waals surface area contributed by atoms with E-state index in [1.54, 1.807) is 0 Å². The summed E-state index contributed by atoms with van der Waals surface area (Å²) < 4.78 is 17.7. The average molecular weight is 495 g/mol. The van der Waals surface area contributed by atoms with E-state index in [1.165, 1.54) is 94.3 Å². The van der Waals surface area contributed by atoms with Crippen LogP contribution >= 0.6 is 35.3 Å². The first-order valence-corrected chi connectivity index (χ1v) is 16.4. The van der Waals surface area contributed by atoms with Gasteiger partial charge in [0.15, 0.2) is 0 Å². The number of hydrogen-bond acceptors (Lipinski definition) is 6. The van der Waals surface area contributed by atoms with E-state index in [1.807, 2.05) is 35.3 Å². The molecular formula is C24H51BO3S3. The molecule has 0 aliphatic rings. The summed E-state index contributed by atoms with van der Waals surface area (Å²) in [5.74, 6) is 6.77. The van der Waals surface area contributed by atoms with Crippen molar-refractivity contribution < 1.29 is 14.0 Å². The predicted octanol–water partition coefficient (Wildman–Crippen LogP) is 7.96. The summed E-state index contributed by atoms with van der Waals surface area (Å²) in [6, 6.07) is 0. The standard InChI is InChI=1S/C24H51BO3S3/c1-4-7-10-13-19-29-22-16-26-25(27-17-23-30-20-14-11-8-5-2)28-18-24-31-21-15-12-9-6-3/h4-24H2,1-3H3. The summed E-state index contributed by atoms with van der Waals surface area (Å²) in [5.41, 5.74) is 0. The second kappa shape index (κ2) is 29.0. The van der Waals surface area contributed by atoms with Crippen LogP contribution in [-0.4, -0.2) is 61.7 Å². The molecule has 0 aliphatic heterocycles. The highest BCUT2D eigenvalue weighted by Crippen LogP contribution is 2.11. The first-order chi connectivity index (χ1) is 15.3. The Bertz CT molecular complexity index is 281. The highest BCUT2D eigenvalue weighted by molar-refractivity contribution is 7.99. The minimum Gasteiger partial charge on any atom is -0.385 e. The Balaban J connectivity index is 3.82. The molecule has 0 aromatic rings. The SMILES string of the molecule is CCCCCCSCCOB(OCCSCCCCCC)OCCSCCCCCC. The van der Waals surface area contributed by atoms with Gasteiger partial charge in [-0.3, -0.25) is 0 Å². The molecule has 0 N–H and O–H groups in total. The van der Waals surface area contributed by atoms with Crippen molar-refractivity contribution in [2.24, 2.45) is 0 Å². The predicted molar refractivity (Wildman–Crippen MR) is 148 cm³/mol. The first kappa shape index (κ1) is 32.0. The lowest BCUT2D eigenvalue weighted by atomic mass is 10.2. The fourth-order valence-corrected chi connectivity index (χ4v) is 5.43. The van der Waals surface area contributed by atoms with Crippen LogP contribution in [0, 0.1) is 0 Å². The van der Waals surface area contributed by atoms with Crippen LogP contribution in [0.4, 0.5) is 0 Å². The molecule has 3 nitrogen and oxygen atoms in total. The van der Waals surface area contributed by atoms with E-state index >= 15 is 0 Å². The molecule has 7 heteroatoms. The fourth-order valence-electron chi connectivity index (χ4n) is 2.95. The zero-order valence-corrected chi connectivity index (χ0v) is 23.3. The Morgan fingerprint density at radius 2 is 0.742 bits per heavy atom. The lowest BCUT2D eigenvalue weighted by Crippen LogP contribution is -2.30. The van der Waals surface area contributed by atoms with Crippen LogP contribution in [0.5, 0.6) is 0 Å². The van der Waals surface area contributed by atoms with Gasteiger partial charge in [0.05, 0.1) is 0 Å². The van der Waals surface area contributed by atoms with Gasteiger partial charge in [-0.15, -0.1) is 0 Å². The second-order valence-electron chi connectivity index (χ2n) is 7.92. The number of rotatable bonds is 27. The minimum absolute atomic E-state index is 0.498. The van der Waals surface area contributed by atoms with Gasteiger partial charge >= 0.3 is 7.32 Å². The molecule has 0 saturated carbocycles. The zero-order valence-electron chi connectivity index (χ0n) is 20.9. The molecule has 0 spiro atoms. The lowest BCUT2D eigenvalue weighted by Gasteiger charge is -2.14. The van der Waals surface area contributed by atoms with Crippen LogP contribution in [0.25, 0.3) is 0 Å². The Morgan fingerprint density at radius 1 is 0.419 bits per heavy atom. The Kier molecular flexibility index (Phi) is 30.0. The highest BCUT2D eigenvalue weighted by atomic mass is 32.2. The molecule has 31 heavy (non-hydrogen) atoms. The fraction of sp³-hybridized carbons (Fsp3) is 1.00. The average Bonchev–Trinajstić information content (AvgIpc) is 2.78. The molecule has 186 valence electrons. The molecule has 0 rings (SSSR count). The van der Waals surface area contributed by atoms with Gasteiger partial charge in [-0.05, 0) is 36.5 Å². The third kappa shape index (κ3) is 27.1. The molecule has 0 fully saturated rings. The van der Waals surface area contributed by atoms with E-state index in [2.05, 4.69) is 20.8 Å². The largest absolute Gasteiger partial charge is 0.639 e. The molecule has 0 amide bonds. The normalized spacial score (nSPS) is 11.3. The van der Waals surface area contributed by atoms with E-state index in [9.17, 15) is 0 Å². The van der Waals surface area contributed by atoms with Gasteiger partial charge in [-0.2, -0.15) is 35.3 Å². The van der Waals surface area contributed by atoms with E-state index in [4.69, 9.17) is 14.0 Å². The van der Waals surface area contributed by atoms with Gasteiger partial charge in [-0.25, -0.2) is 0 Å². The van der Waals surface area contributed by atoms with Gasteiger partial charge in [0.2, 0.25) is 0 Å². The van der Waals surface area contributed by atoms with E-state index < -0.39 is 7.32 Å². The molecule has 0 unspecified atom stereocenters. The quantitative estimate of drug-likeness (QED) is 0.0849.